The molecule has 0 rings (SSSR count). The fourth-order valence-electron chi connectivity index (χ4n) is 2.81. The van der Waals surface area contributed by atoms with Crippen molar-refractivity contribution in [1.29, 1.82) is 0 Å². The third-order valence-corrected chi connectivity index (χ3v) is 4.40. The number of carbonyl (C=O) groups is 1. The van der Waals surface area contributed by atoms with Crippen molar-refractivity contribution in [1.82, 2.24) is 0 Å². The molecule has 1 unspecified atom stereocenters. The summed E-state index contributed by atoms with van der Waals surface area (Å²) >= 11 is 0. The second kappa shape index (κ2) is 11.8. The largest absolute Gasteiger partial charge is 0.550 e. The van der Waals surface area contributed by atoms with Gasteiger partial charge in [-0.15, -0.1) is 6.58 Å². The number of aliphatic hydroxyl groups excluding tert-OH is 1. The van der Waals surface area contributed by atoms with Crippen molar-refractivity contribution >= 4 is 5.97 Å². The molecule has 0 spiro atoms. The van der Waals surface area contributed by atoms with Crippen molar-refractivity contribution in [2.45, 2.75) is 64.9 Å². The van der Waals surface area contributed by atoms with Crippen LogP contribution < -0.4 is 5.11 Å². The first-order valence-electron chi connectivity index (χ1n) is 8.33. The van der Waals surface area contributed by atoms with Crippen molar-refractivity contribution < 1.29 is 19.5 Å². The molecule has 1 atom stereocenters. The van der Waals surface area contributed by atoms with Gasteiger partial charge in [0.25, 0.3) is 0 Å². The molecule has 0 aliphatic rings. The summed E-state index contributed by atoms with van der Waals surface area (Å²) in [5, 5.41) is 20.7. The van der Waals surface area contributed by atoms with Crippen molar-refractivity contribution in [3.63, 3.8) is 0 Å². The number of allylic oxidation sites excluding steroid dienone is 1. The summed E-state index contributed by atoms with van der Waals surface area (Å²) in [6.07, 6.45) is 7.30. The van der Waals surface area contributed by atoms with Crippen LogP contribution in [0.5, 0.6) is 0 Å². The molecule has 0 saturated heterocycles. The smallest absolute Gasteiger partial charge is 0.105 e. The van der Waals surface area contributed by atoms with Gasteiger partial charge in [0.2, 0.25) is 0 Å². The molecule has 0 aromatic carbocycles. The van der Waals surface area contributed by atoms with Crippen LogP contribution in [0.3, 0.4) is 0 Å². The quantitative estimate of drug-likeness (QED) is 0.303. The molecule has 0 bridgehead atoms. The number of carboxylic acid groups (broad SMARTS) is 1. The standard InChI is InChI=1S/C17H33NO3/c1-4-7-8-9-12-16(19)15-18(5-2,6-3)14-11-10-13-17(20)21/h4,16,19H,1,5-15H2,2-3H3. The molecule has 0 heterocycles. The molecule has 1 N–H and O–H groups in total. The lowest BCUT2D eigenvalue weighted by Gasteiger charge is -2.38. The Morgan fingerprint density at radius 3 is 2.43 bits per heavy atom. The Kier molecular flexibility index (Phi) is 11.3. The maximum absolute atomic E-state index is 10.4. The summed E-state index contributed by atoms with van der Waals surface area (Å²) in [7, 11) is 0. The molecule has 0 aromatic rings. The normalized spacial score (nSPS) is 13.1. The van der Waals surface area contributed by atoms with Crippen molar-refractivity contribution in [3.8, 4) is 0 Å². The zero-order chi connectivity index (χ0) is 16.1. The third-order valence-electron chi connectivity index (χ3n) is 4.40. The van der Waals surface area contributed by atoms with Gasteiger partial charge in [0, 0.05) is 5.97 Å². The molecule has 0 aliphatic carbocycles. The molecule has 0 amide bonds. The molecule has 0 aliphatic heterocycles. The minimum Gasteiger partial charge on any atom is -0.550 e. The van der Waals surface area contributed by atoms with Gasteiger partial charge in [-0.25, -0.2) is 0 Å². The van der Waals surface area contributed by atoms with Gasteiger partial charge < -0.3 is 19.5 Å². The number of nitrogens with zero attached hydrogens (tertiary/aromatic N) is 1. The molecule has 0 radical (unpaired) electrons. The van der Waals surface area contributed by atoms with Gasteiger partial charge in [0.05, 0.1) is 19.6 Å². The average Bonchev–Trinajstić information content (AvgIpc) is 2.46. The third kappa shape index (κ3) is 9.64. The van der Waals surface area contributed by atoms with E-state index in [1.165, 1.54) is 0 Å². The molecule has 4 heteroatoms. The van der Waals surface area contributed by atoms with E-state index in [0.717, 1.165) is 62.8 Å². The Morgan fingerprint density at radius 1 is 1.24 bits per heavy atom. The van der Waals surface area contributed by atoms with Crippen LogP contribution in [0, 0.1) is 0 Å². The minimum absolute atomic E-state index is 0.136. The second-order valence-corrected chi connectivity index (χ2v) is 5.94. The number of aliphatic hydroxyl groups is 1. The first-order chi connectivity index (χ1) is 9.99. The van der Waals surface area contributed by atoms with E-state index < -0.39 is 5.97 Å². The van der Waals surface area contributed by atoms with E-state index in [9.17, 15) is 15.0 Å². The van der Waals surface area contributed by atoms with Crippen LogP contribution in [0.25, 0.3) is 0 Å². The van der Waals surface area contributed by atoms with Crippen LogP contribution in [0.15, 0.2) is 12.7 Å². The number of carboxylic acids is 1. The molecular formula is C17H33NO3. The van der Waals surface area contributed by atoms with E-state index in [-0.39, 0.29) is 12.5 Å². The van der Waals surface area contributed by atoms with E-state index in [0.29, 0.717) is 6.42 Å². The fraction of sp³-hybridized carbons (Fsp3) is 0.824. The monoisotopic (exact) mass is 299 g/mol. The molecule has 0 fully saturated rings. The predicted octanol–water partition coefficient (Wildman–Crippen LogP) is 1.87. The summed E-state index contributed by atoms with van der Waals surface area (Å²) in [6, 6.07) is 0. The Bertz CT molecular complexity index is 288. The van der Waals surface area contributed by atoms with Gasteiger partial charge in [-0.05, 0) is 52.4 Å². The average molecular weight is 299 g/mol. The number of carbonyl (C=O) groups excluding carboxylic acids is 1. The van der Waals surface area contributed by atoms with Gasteiger partial charge in [-0.2, -0.15) is 0 Å². The maximum atomic E-state index is 10.4. The van der Waals surface area contributed by atoms with E-state index in [1.807, 2.05) is 6.08 Å². The molecule has 21 heavy (non-hydrogen) atoms. The number of quaternary nitrogens is 1. The van der Waals surface area contributed by atoms with E-state index in [4.69, 9.17) is 0 Å². The summed E-state index contributed by atoms with van der Waals surface area (Å²) in [4.78, 5) is 10.4. The molecule has 0 saturated carbocycles. The lowest BCUT2D eigenvalue weighted by atomic mass is 10.1. The number of aliphatic carboxylic acids is 1. The molecular weight excluding hydrogens is 266 g/mol. The summed E-state index contributed by atoms with van der Waals surface area (Å²) < 4.78 is 0.871. The highest BCUT2D eigenvalue weighted by molar-refractivity contribution is 5.64. The van der Waals surface area contributed by atoms with Crippen LogP contribution in [0.4, 0.5) is 0 Å². The summed E-state index contributed by atoms with van der Waals surface area (Å²) in [5.74, 6) is -0.969. The lowest BCUT2D eigenvalue weighted by Crippen LogP contribution is -2.52. The minimum atomic E-state index is -0.969. The zero-order valence-corrected chi connectivity index (χ0v) is 13.9. The van der Waals surface area contributed by atoms with Crippen LogP contribution in [0.1, 0.15) is 58.8 Å². The summed E-state index contributed by atoms with van der Waals surface area (Å²) in [6.45, 7) is 11.7. The van der Waals surface area contributed by atoms with Gasteiger partial charge in [0.15, 0.2) is 0 Å². The highest BCUT2D eigenvalue weighted by atomic mass is 16.4. The van der Waals surface area contributed by atoms with Crippen molar-refractivity contribution in [2.24, 2.45) is 0 Å². The lowest BCUT2D eigenvalue weighted by molar-refractivity contribution is -0.928. The van der Waals surface area contributed by atoms with Gasteiger partial charge in [-0.1, -0.05) is 12.5 Å². The fourth-order valence-corrected chi connectivity index (χ4v) is 2.81. The van der Waals surface area contributed by atoms with Gasteiger partial charge >= 0.3 is 0 Å². The number of hydrogen-bond donors (Lipinski definition) is 1. The first-order valence-corrected chi connectivity index (χ1v) is 8.33. The van der Waals surface area contributed by atoms with Gasteiger partial charge in [-0.3, -0.25) is 0 Å². The second-order valence-electron chi connectivity index (χ2n) is 5.94. The molecule has 124 valence electrons. The number of hydrogen-bond acceptors (Lipinski definition) is 3. The van der Waals surface area contributed by atoms with Crippen molar-refractivity contribution in [3.05, 3.63) is 12.7 Å². The highest BCUT2D eigenvalue weighted by Gasteiger charge is 2.26. The van der Waals surface area contributed by atoms with E-state index in [1.54, 1.807) is 0 Å². The number of unbranched alkanes of at least 4 members (excludes halogenated alkanes) is 3. The zero-order valence-electron chi connectivity index (χ0n) is 13.9. The highest BCUT2D eigenvalue weighted by Crippen LogP contribution is 2.14. The van der Waals surface area contributed by atoms with Gasteiger partial charge in [0.1, 0.15) is 12.6 Å². The number of likely N-dealkylation sites (N-methyl/N-ethyl adjacent to an activating group) is 1. The Labute approximate surface area is 130 Å². The van der Waals surface area contributed by atoms with E-state index in [2.05, 4.69) is 20.4 Å². The first kappa shape index (κ1) is 20.1. The van der Waals surface area contributed by atoms with Crippen LogP contribution >= 0.6 is 0 Å². The summed E-state index contributed by atoms with van der Waals surface area (Å²) in [5.41, 5.74) is 0. The van der Waals surface area contributed by atoms with Crippen LogP contribution in [-0.2, 0) is 4.79 Å². The molecule has 0 aromatic heterocycles. The van der Waals surface area contributed by atoms with E-state index >= 15 is 0 Å². The van der Waals surface area contributed by atoms with Crippen LogP contribution in [-0.4, -0.2) is 47.8 Å². The maximum Gasteiger partial charge on any atom is 0.105 e. The topological polar surface area (TPSA) is 60.4 Å². The number of rotatable bonds is 14. The SMILES string of the molecule is C=CCCCCC(O)C[N+](CC)(CC)CCCCC(=O)[O-]. The predicted molar refractivity (Wildman–Crippen MR) is 84.6 cm³/mol. The Morgan fingerprint density at radius 2 is 1.90 bits per heavy atom. The van der Waals surface area contributed by atoms with Crippen LogP contribution in [0.2, 0.25) is 0 Å². The molecule has 4 nitrogen and oxygen atoms in total. The van der Waals surface area contributed by atoms with Crippen molar-refractivity contribution in [2.75, 3.05) is 26.2 Å². The Hall–Kier alpha value is -0.870. The Balaban J connectivity index is 4.17.